The lowest BCUT2D eigenvalue weighted by Crippen LogP contribution is -2.40. The van der Waals surface area contributed by atoms with Crippen LogP contribution in [0.2, 0.25) is 0 Å². The number of hydrogen-bond donors (Lipinski definition) is 0. The fourth-order valence-electron chi connectivity index (χ4n) is 3.81. The molecule has 1 aliphatic heterocycles. The van der Waals surface area contributed by atoms with Gasteiger partial charge in [-0.15, -0.1) is 5.10 Å². The van der Waals surface area contributed by atoms with Gasteiger partial charge in [-0.3, -0.25) is 0 Å². The molecular weight excluding hydrogens is 308 g/mol. The monoisotopic (exact) mass is 334 g/mol. The number of rotatable bonds is 4. The number of nitriles is 1. The summed E-state index contributed by atoms with van der Waals surface area (Å²) < 4.78 is 0. The first-order valence-electron chi connectivity index (χ1n) is 9.12. The zero-order valence-electron chi connectivity index (χ0n) is 15.0. The van der Waals surface area contributed by atoms with E-state index >= 15 is 0 Å². The van der Waals surface area contributed by atoms with Crippen molar-refractivity contribution in [1.29, 1.82) is 5.26 Å². The molecule has 25 heavy (non-hydrogen) atoms. The Hall–Kier alpha value is -2.41. The standard InChI is InChI=1S/C21H26N4/c1-16-3-5-18(6-4-16)15-25-12-11-20(13-21(25)24-23-2)19-9-7-17(14-22)8-10-19/h3,5,7,9,20H,2,4,6,8,10-13,15H2,1H3/b24-21-. The fourth-order valence-corrected chi connectivity index (χ4v) is 3.81. The Balaban J connectivity index is 1.68. The molecule has 130 valence electrons. The van der Waals surface area contributed by atoms with Gasteiger partial charge in [0.15, 0.2) is 0 Å². The van der Waals surface area contributed by atoms with E-state index in [1.165, 1.54) is 16.7 Å². The largest absolute Gasteiger partial charge is 0.355 e. The Bertz CT molecular complexity index is 727. The van der Waals surface area contributed by atoms with E-state index in [4.69, 9.17) is 5.26 Å². The topological polar surface area (TPSA) is 51.8 Å². The predicted octanol–water partition coefficient (Wildman–Crippen LogP) is 4.55. The third-order valence-corrected chi connectivity index (χ3v) is 5.42. The highest BCUT2D eigenvalue weighted by atomic mass is 15.3. The minimum absolute atomic E-state index is 0.510. The van der Waals surface area contributed by atoms with E-state index in [9.17, 15) is 0 Å². The molecule has 1 fully saturated rings. The van der Waals surface area contributed by atoms with Gasteiger partial charge in [-0.2, -0.15) is 10.4 Å². The minimum Gasteiger partial charge on any atom is -0.355 e. The van der Waals surface area contributed by atoms with Crippen LogP contribution in [0.3, 0.4) is 0 Å². The maximum atomic E-state index is 9.00. The molecule has 4 nitrogen and oxygen atoms in total. The van der Waals surface area contributed by atoms with Crippen LogP contribution < -0.4 is 0 Å². The number of likely N-dealkylation sites (tertiary alicyclic amines) is 1. The average molecular weight is 334 g/mol. The first-order valence-corrected chi connectivity index (χ1v) is 9.12. The van der Waals surface area contributed by atoms with Crippen LogP contribution in [0.1, 0.15) is 45.4 Å². The summed E-state index contributed by atoms with van der Waals surface area (Å²) in [5.74, 6) is 1.56. The molecule has 0 aromatic carbocycles. The van der Waals surface area contributed by atoms with E-state index in [0.29, 0.717) is 5.92 Å². The lowest BCUT2D eigenvalue weighted by Gasteiger charge is -2.36. The lowest BCUT2D eigenvalue weighted by atomic mass is 9.83. The van der Waals surface area contributed by atoms with E-state index in [2.05, 4.69) is 53.0 Å². The molecule has 0 N–H and O–H groups in total. The maximum Gasteiger partial charge on any atom is 0.128 e. The fraction of sp³-hybridized carbons (Fsp3) is 0.476. The van der Waals surface area contributed by atoms with E-state index in [0.717, 1.165) is 63.0 Å². The second-order valence-electron chi connectivity index (χ2n) is 7.15. The van der Waals surface area contributed by atoms with Crippen molar-refractivity contribution in [2.75, 3.05) is 13.1 Å². The van der Waals surface area contributed by atoms with E-state index in [1.807, 2.05) is 6.08 Å². The van der Waals surface area contributed by atoms with Gasteiger partial charge in [0.2, 0.25) is 0 Å². The summed E-state index contributed by atoms with van der Waals surface area (Å²) in [5, 5.41) is 17.2. The van der Waals surface area contributed by atoms with E-state index in [1.54, 1.807) is 0 Å². The van der Waals surface area contributed by atoms with Crippen molar-refractivity contribution in [2.24, 2.45) is 16.1 Å². The van der Waals surface area contributed by atoms with Crippen LogP contribution in [0.15, 0.2) is 56.8 Å². The van der Waals surface area contributed by atoms with Gasteiger partial charge < -0.3 is 4.90 Å². The minimum atomic E-state index is 0.510. The zero-order valence-corrected chi connectivity index (χ0v) is 15.0. The van der Waals surface area contributed by atoms with E-state index in [-0.39, 0.29) is 0 Å². The van der Waals surface area contributed by atoms with Crippen LogP contribution in [0, 0.1) is 17.2 Å². The summed E-state index contributed by atoms with van der Waals surface area (Å²) >= 11 is 0. The zero-order chi connectivity index (χ0) is 17.6. The van der Waals surface area contributed by atoms with Gasteiger partial charge in [-0.05, 0) is 51.0 Å². The van der Waals surface area contributed by atoms with Crippen LogP contribution in [0.4, 0.5) is 0 Å². The molecule has 2 aliphatic carbocycles. The van der Waals surface area contributed by atoms with Crippen molar-refractivity contribution in [3.05, 3.63) is 46.6 Å². The summed E-state index contributed by atoms with van der Waals surface area (Å²) in [6, 6.07) is 2.26. The molecule has 0 saturated carbocycles. The number of nitrogens with zero attached hydrogens (tertiary/aromatic N) is 4. The number of hydrogen-bond acceptors (Lipinski definition) is 3. The highest BCUT2D eigenvalue weighted by Crippen LogP contribution is 2.33. The maximum absolute atomic E-state index is 9.00. The molecule has 1 atom stereocenters. The third kappa shape index (κ3) is 4.36. The van der Waals surface area contributed by atoms with Crippen molar-refractivity contribution >= 4 is 12.6 Å². The molecule has 0 aromatic rings. The Morgan fingerprint density at radius 2 is 2.08 bits per heavy atom. The van der Waals surface area contributed by atoms with Gasteiger partial charge in [-0.1, -0.05) is 34.9 Å². The normalized spacial score (nSPS) is 25.5. The quantitative estimate of drug-likeness (QED) is 0.559. The second kappa shape index (κ2) is 8.11. The van der Waals surface area contributed by atoms with Gasteiger partial charge in [-0.25, -0.2) is 0 Å². The van der Waals surface area contributed by atoms with Crippen LogP contribution in [-0.2, 0) is 0 Å². The van der Waals surface area contributed by atoms with Crippen molar-refractivity contribution in [2.45, 2.75) is 45.4 Å². The number of amidine groups is 1. The molecular formula is C21H26N4. The Morgan fingerprint density at radius 3 is 2.72 bits per heavy atom. The molecule has 0 aromatic heterocycles. The molecule has 0 spiro atoms. The summed E-state index contributed by atoms with van der Waals surface area (Å²) in [5.41, 5.74) is 5.26. The third-order valence-electron chi connectivity index (χ3n) is 5.42. The molecule has 1 unspecified atom stereocenters. The van der Waals surface area contributed by atoms with Crippen molar-refractivity contribution < 1.29 is 0 Å². The van der Waals surface area contributed by atoms with Crippen molar-refractivity contribution in [1.82, 2.24) is 4.90 Å². The van der Waals surface area contributed by atoms with Crippen LogP contribution in [-0.4, -0.2) is 30.5 Å². The van der Waals surface area contributed by atoms with Gasteiger partial charge >= 0.3 is 0 Å². The molecule has 0 amide bonds. The molecule has 1 saturated heterocycles. The van der Waals surface area contributed by atoms with Crippen LogP contribution >= 0.6 is 0 Å². The van der Waals surface area contributed by atoms with E-state index < -0.39 is 0 Å². The predicted molar refractivity (Wildman–Crippen MR) is 103 cm³/mol. The molecule has 3 aliphatic rings. The first-order chi connectivity index (χ1) is 12.2. The lowest BCUT2D eigenvalue weighted by molar-refractivity contribution is 0.344. The highest BCUT2D eigenvalue weighted by molar-refractivity contribution is 5.84. The van der Waals surface area contributed by atoms with Crippen molar-refractivity contribution in [3.8, 4) is 6.07 Å². The second-order valence-corrected chi connectivity index (χ2v) is 7.15. The summed E-state index contributed by atoms with van der Waals surface area (Å²) in [7, 11) is 0. The number of piperidine rings is 1. The molecule has 4 heteroatoms. The highest BCUT2D eigenvalue weighted by Gasteiger charge is 2.28. The summed E-state index contributed by atoms with van der Waals surface area (Å²) in [6.45, 7) is 7.70. The SMILES string of the molecule is C=N/N=C1/CC(C2=CC=C(C#N)CC2)CCN1CC1=CC=C(C)CC1. The molecule has 1 heterocycles. The molecule has 0 radical (unpaired) electrons. The average Bonchev–Trinajstić information content (AvgIpc) is 2.65. The summed E-state index contributed by atoms with van der Waals surface area (Å²) in [4.78, 5) is 2.37. The Labute approximate surface area is 150 Å². The number of allylic oxidation sites excluding steroid dienone is 7. The smallest absolute Gasteiger partial charge is 0.128 e. The van der Waals surface area contributed by atoms with Crippen molar-refractivity contribution in [3.63, 3.8) is 0 Å². The first kappa shape index (κ1) is 17.4. The van der Waals surface area contributed by atoms with Crippen LogP contribution in [0.5, 0.6) is 0 Å². The molecule has 3 rings (SSSR count). The molecule has 0 bridgehead atoms. The Kier molecular flexibility index (Phi) is 5.65. The van der Waals surface area contributed by atoms with Gasteiger partial charge in [0, 0.05) is 31.8 Å². The van der Waals surface area contributed by atoms with Gasteiger partial charge in [0.05, 0.1) is 6.07 Å². The van der Waals surface area contributed by atoms with Gasteiger partial charge in [0.25, 0.3) is 0 Å². The summed E-state index contributed by atoms with van der Waals surface area (Å²) in [6.07, 6.45) is 14.9. The van der Waals surface area contributed by atoms with Crippen LogP contribution in [0.25, 0.3) is 0 Å². The van der Waals surface area contributed by atoms with Gasteiger partial charge in [0.1, 0.15) is 5.84 Å². The Morgan fingerprint density at radius 1 is 1.20 bits per heavy atom.